The van der Waals surface area contributed by atoms with Crippen molar-refractivity contribution in [3.8, 4) is 11.5 Å². The van der Waals surface area contributed by atoms with Crippen LogP contribution in [0.15, 0.2) is 72.9 Å². The zero-order valence-electron chi connectivity index (χ0n) is 23.3. The number of rotatable bonds is 15. The number of hydrogen-bond acceptors (Lipinski definition) is 4. The van der Waals surface area contributed by atoms with Crippen LogP contribution >= 0.6 is 11.6 Å². The van der Waals surface area contributed by atoms with Crippen molar-refractivity contribution in [2.45, 2.75) is 45.1 Å². The lowest BCUT2D eigenvalue weighted by molar-refractivity contribution is -0.139. The molecule has 0 bridgehead atoms. The van der Waals surface area contributed by atoms with E-state index in [-0.39, 0.29) is 18.4 Å². The average molecular weight is 588 g/mol. The molecule has 2 N–H and O–H groups in total. The van der Waals surface area contributed by atoms with Crippen LogP contribution in [0.5, 0.6) is 11.5 Å². The van der Waals surface area contributed by atoms with E-state index >= 15 is 0 Å². The van der Waals surface area contributed by atoms with Crippen LogP contribution < -0.4 is 9.47 Å². The van der Waals surface area contributed by atoms with Gasteiger partial charge in [-0.15, -0.1) is 0 Å². The number of aromatic nitrogens is 1. The third-order valence-corrected chi connectivity index (χ3v) is 7.92. The van der Waals surface area contributed by atoms with Crippen LogP contribution in [0, 0.1) is 5.41 Å². The number of nitrogens with zero attached hydrogens (tertiary/aromatic N) is 1. The Morgan fingerprint density at radius 1 is 0.881 bits per heavy atom. The van der Waals surface area contributed by atoms with Gasteiger partial charge in [-0.25, -0.2) is 0 Å². The van der Waals surface area contributed by atoms with Gasteiger partial charge in [-0.3, -0.25) is 9.59 Å². The van der Waals surface area contributed by atoms with E-state index in [1.807, 2.05) is 85.1 Å². The molecule has 7 nitrogen and oxygen atoms in total. The maximum absolute atomic E-state index is 11.6. The lowest BCUT2D eigenvalue weighted by Gasteiger charge is -2.11. The molecular formula is C34H34ClNO6. The minimum atomic E-state index is -0.924. The van der Waals surface area contributed by atoms with E-state index in [2.05, 4.69) is 0 Å². The van der Waals surface area contributed by atoms with Crippen LogP contribution in [-0.4, -0.2) is 39.9 Å². The van der Waals surface area contributed by atoms with E-state index in [4.69, 9.17) is 21.1 Å². The normalized spacial score (nSPS) is 13.8. The summed E-state index contributed by atoms with van der Waals surface area (Å²) in [6.07, 6.45) is 10.1. The van der Waals surface area contributed by atoms with E-state index in [1.54, 1.807) is 4.57 Å². The first-order chi connectivity index (χ1) is 20.3. The zero-order chi connectivity index (χ0) is 29.5. The van der Waals surface area contributed by atoms with Gasteiger partial charge < -0.3 is 24.3 Å². The zero-order valence-corrected chi connectivity index (χ0v) is 24.1. The first-order valence-corrected chi connectivity index (χ1v) is 14.5. The highest BCUT2D eigenvalue weighted by molar-refractivity contribution is 6.32. The molecule has 0 atom stereocenters. The summed E-state index contributed by atoms with van der Waals surface area (Å²) in [5, 5.41) is 20.5. The smallest absolute Gasteiger partial charge is 0.323 e. The van der Waals surface area contributed by atoms with E-state index in [0.29, 0.717) is 30.4 Å². The van der Waals surface area contributed by atoms with Gasteiger partial charge >= 0.3 is 11.9 Å². The summed E-state index contributed by atoms with van der Waals surface area (Å²) in [5.74, 6) is -0.233. The van der Waals surface area contributed by atoms with Crippen LogP contribution in [0.3, 0.4) is 0 Å². The number of hydrogen-bond donors (Lipinski definition) is 2. The number of unbranched alkanes of at least 4 members (excludes halogenated alkanes) is 1. The van der Waals surface area contributed by atoms with Gasteiger partial charge in [-0.05, 0) is 78.5 Å². The Kier molecular flexibility index (Phi) is 9.18. The number of carboxylic acids is 2. The quantitative estimate of drug-likeness (QED) is 0.110. The second-order valence-electron chi connectivity index (χ2n) is 10.9. The molecule has 1 heterocycles. The lowest BCUT2D eigenvalue weighted by atomic mass is 9.92. The summed E-state index contributed by atoms with van der Waals surface area (Å²) in [6.45, 7) is 0.995. The number of aliphatic carboxylic acids is 2. The highest BCUT2D eigenvalue weighted by Gasteiger charge is 2.44. The van der Waals surface area contributed by atoms with E-state index in [1.165, 1.54) is 0 Å². The SMILES string of the molecule is O=C(O)Cn1cc(CC2(CC(=O)O)CC2)c2cccc(/C=C/c3ccc(OCCCCOc4ccccc4Cl)cc3)c21. The highest BCUT2D eigenvalue weighted by atomic mass is 35.5. The molecule has 0 saturated heterocycles. The summed E-state index contributed by atoms with van der Waals surface area (Å²) in [4.78, 5) is 23.0. The Morgan fingerprint density at radius 2 is 1.62 bits per heavy atom. The number of carboxylic acid groups (broad SMARTS) is 2. The van der Waals surface area contributed by atoms with Gasteiger partial charge in [0.25, 0.3) is 0 Å². The van der Waals surface area contributed by atoms with Crippen LogP contribution in [0.25, 0.3) is 23.1 Å². The van der Waals surface area contributed by atoms with Crippen molar-refractivity contribution < 1.29 is 29.3 Å². The summed E-state index contributed by atoms with van der Waals surface area (Å²) in [7, 11) is 0. The number of halogens is 1. The summed E-state index contributed by atoms with van der Waals surface area (Å²) < 4.78 is 13.4. The molecule has 0 unspecified atom stereocenters. The van der Waals surface area contributed by atoms with Gasteiger partial charge in [-0.2, -0.15) is 0 Å². The molecule has 0 aliphatic heterocycles. The molecule has 0 spiro atoms. The van der Waals surface area contributed by atoms with Crippen molar-refractivity contribution in [3.63, 3.8) is 0 Å². The number of fused-ring (bicyclic) bond motifs is 1. The molecule has 0 amide bonds. The average Bonchev–Trinajstić information content (AvgIpc) is 3.62. The van der Waals surface area contributed by atoms with Crippen LogP contribution in [0.2, 0.25) is 5.02 Å². The standard InChI is InChI=1S/C34H34ClNO6/c35-29-8-1-2-9-30(29)42-19-4-3-18-41-27-14-11-24(12-15-27)10-13-25-6-5-7-28-26(20-34(16-17-34)21-31(37)38)22-36(33(25)28)23-32(39)40/h1-2,5-15,22H,3-4,16-21,23H2,(H,37,38)(H,39,40)/b13-10+. The summed E-state index contributed by atoms with van der Waals surface area (Å²) >= 11 is 6.11. The first kappa shape index (κ1) is 29.3. The van der Waals surface area contributed by atoms with Crippen LogP contribution in [0.4, 0.5) is 0 Å². The maximum Gasteiger partial charge on any atom is 0.323 e. The first-order valence-electron chi connectivity index (χ1n) is 14.1. The topological polar surface area (TPSA) is 98.0 Å². The van der Waals surface area contributed by atoms with Crippen molar-refractivity contribution in [1.82, 2.24) is 4.57 Å². The van der Waals surface area contributed by atoms with Gasteiger partial charge in [0.2, 0.25) is 0 Å². The fraction of sp³-hybridized carbons (Fsp3) is 0.294. The number of para-hydroxylation sites is 2. The number of benzene rings is 3. The molecule has 1 fully saturated rings. The third kappa shape index (κ3) is 7.53. The molecule has 42 heavy (non-hydrogen) atoms. The van der Waals surface area contributed by atoms with Gasteiger partial charge in [0.05, 0.1) is 30.2 Å². The Hall–Kier alpha value is -4.23. The van der Waals surface area contributed by atoms with Crippen molar-refractivity contribution >= 4 is 46.6 Å². The second-order valence-corrected chi connectivity index (χ2v) is 11.3. The molecule has 3 aromatic carbocycles. The Labute approximate surface area is 250 Å². The van der Waals surface area contributed by atoms with Crippen LogP contribution in [0.1, 0.15) is 48.8 Å². The summed E-state index contributed by atoms with van der Waals surface area (Å²) in [6, 6.07) is 21.2. The third-order valence-electron chi connectivity index (χ3n) is 7.60. The maximum atomic E-state index is 11.6. The molecule has 218 valence electrons. The van der Waals surface area contributed by atoms with Crippen molar-refractivity contribution in [2.24, 2.45) is 5.41 Å². The fourth-order valence-electron chi connectivity index (χ4n) is 5.33. The molecule has 8 heteroatoms. The van der Waals surface area contributed by atoms with Gasteiger partial charge in [0.15, 0.2) is 0 Å². The molecule has 0 radical (unpaired) electrons. The molecule has 4 aromatic rings. The Balaban J connectivity index is 1.21. The predicted molar refractivity (Wildman–Crippen MR) is 164 cm³/mol. The van der Waals surface area contributed by atoms with Gasteiger partial charge in [0, 0.05) is 11.6 Å². The van der Waals surface area contributed by atoms with Crippen molar-refractivity contribution in [3.05, 3.63) is 94.6 Å². The minimum absolute atomic E-state index is 0.135. The highest BCUT2D eigenvalue weighted by Crippen LogP contribution is 2.52. The molecule has 1 aliphatic carbocycles. The molecule has 1 aliphatic rings. The van der Waals surface area contributed by atoms with Gasteiger partial charge in [0.1, 0.15) is 18.0 Å². The van der Waals surface area contributed by atoms with E-state index in [9.17, 15) is 19.8 Å². The lowest BCUT2D eigenvalue weighted by Crippen LogP contribution is -2.11. The van der Waals surface area contributed by atoms with Crippen molar-refractivity contribution in [1.29, 1.82) is 0 Å². The summed E-state index contributed by atoms with van der Waals surface area (Å²) in [5.41, 5.74) is 3.51. The molecule has 5 rings (SSSR count). The number of carbonyl (C=O) groups is 2. The fourth-order valence-corrected chi connectivity index (χ4v) is 5.52. The Morgan fingerprint density at radius 3 is 2.31 bits per heavy atom. The molecule has 1 aromatic heterocycles. The van der Waals surface area contributed by atoms with Crippen LogP contribution in [-0.2, 0) is 22.6 Å². The van der Waals surface area contributed by atoms with E-state index < -0.39 is 11.9 Å². The van der Waals surface area contributed by atoms with Crippen molar-refractivity contribution in [2.75, 3.05) is 13.2 Å². The largest absolute Gasteiger partial charge is 0.494 e. The molecule has 1 saturated carbocycles. The minimum Gasteiger partial charge on any atom is -0.494 e. The monoisotopic (exact) mass is 587 g/mol. The Bertz CT molecular complexity index is 1590. The number of ether oxygens (including phenoxy) is 2. The second kappa shape index (κ2) is 13.2. The van der Waals surface area contributed by atoms with E-state index in [0.717, 1.165) is 59.0 Å². The predicted octanol–water partition coefficient (Wildman–Crippen LogP) is 7.59. The van der Waals surface area contributed by atoms with Gasteiger partial charge in [-0.1, -0.05) is 66.2 Å². The molecular weight excluding hydrogens is 554 g/mol.